The second kappa shape index (κ2) is 6.88. The van der Waals surface area contributed by atoms with Crippen LogP contribution in [0.3, 0.4) is 0 Å². The van der Waals surface area contributed by atoms with Gasteiger partial charge in [-0.25, -0.2) is 4.98 Å². The number of ether oxygens (including phenoxy) is 1. The van der Waals surface area contributed by atoms with E-state index in [4.69, 9.17) is 17.0 Å². The van der Waals surface area contributed by atoms with E-state index in [2.05, 4.69) is 10.3 Å². The number of carbonyl (C=O) groups excluding carboxylic acids is 1. The van der Waals surface area contributed by atoms with E-state index in [0.29, 0.717) is 16.6 Å². The number of rotatable bonds is 4. The first-order chi connectivity index (χ1) is 13.5. The monoisotopic (exact) mass is 411 g/mol. The van der Waals surface area contributed by atoms with Crippen molar-refractivity contribution in [3.63, 3.8) is 0 Å². The highest BCUT2D eigenvalue weighted by atomic mass is 32.1. The van der Waals surface area contributed by atoms with Crippen LogP contribution in [-0.2, 0) is 10.3 Å². The molecule has 4 rings (SSSR count). The van der Waals surface area contributed by atoms with Crippen molar-refractivity contribution >= 4 is 34.6 Å². The van der Waals surface area contributed by atoms with Crippen LogP contribution in [0.5, 0.6) is 11.5 Å². The van der Waals surface area contributed by atoms with Crippen LogP contribution in [0.4, 0.5) is 0 Å². The minimum absolute atomic E-state index is 0.102. The number of methoxy groups -OCH3 is 1. The summed E-state index contributed by atoms with van der Waals surface area (Å²) in [6.45, 7) is 0. The summed E-state index contributed by atoms with van der Waals surface area (Å²) in [5.41, 5.74) is 3.43. The molecule has 8 heteroatoms. The summed E-state index contributed by atoms with van der Waals surface area (Å²) < 4.78 is 5.25. The smallest absolute Gasteiger partial charge is 0.265 e. The molecule has 1 aliphatic heterocycles. The van der Waals surface area contributed by atoms with E-state index in [1.54, 1.807) is 31.8 Å². The van der Waals surface area contributed by atoms with E-state index in [9.17, 15) is 9.90 Å². The topological polar surface area (TPSA) is 74.7 Å². The van der Waals surface area contributed by atoms with Gasteiger partial charge in [0, 0.05) is 18.5 Å². The highest BCUT2D eigenvalue weighted by molar-refractivity contribution is 7.80. The van der Waals surface area contributed by atoms with Crippen molar-refractivity contribution in [2.45, 2.75) is 5.54 Å². The molecule has 1 saturated heterocycles. The predicted octanol–water partition coefficient (Wildman–Crippen LogP) is 3.11. The Morgan fingerprint density at radius 1 is 1.25 bits per heavy atom. The number of aromatic nitrogens is 1. The fourth-order valence-corrected chi connectivity index (χ4v) is 4.19. The molecule has 1 atom stereocenters. The lowest BCUT2D eigenvalue weighted by Crippen LogP contribution is -2.45. The molecule has 1 fully saturated rings. The number of phenols is 1. The fraction of sp³-hybridized carbons (Fsp3) is 0.150. The molecule has 2 heterocycles. The van der Waals surface area contributed by atoms with Gasteiger partial charge in [-0.3, -0.25) is 9.69 Å². The molecule has 0 bridgehead atoms. The molecule has 2 N–H and O–H groups in total. The quantitative estimate of drug-likeness (QED) is 0.643. The van der Waals surface area contributed by atoms with Gasteiger partial charge in [-0.1, -0.05) is 18.2 Å². The van der Waals surface area contributed by atoms with Crippen molar-refractivity contribution in [2.75, 3.05) is 14.2 Å². The number of nitrogens with zero attached hydrogens (tertiary/aromatic N) is 2. The number of phenolic OH excluding ortho intramolecular Hbond substituents is 1. The standard InChI is InChI=1S/C20H17N3O3S2/c1-23-18(25)20(22-19(23)27,17-10-28-11-21-17)14-5-3-4-12(6-14)13-7-15(24)9-16(8-13)26-2/h3-11,24H,1-2H3,(H,22,27). The van der Waals surface area contributed by atoms with Crippen molar-refractivity contribution in [3.8, 4) is 22.6 Å². The Kier molecular flexibility index (Phi) is 4.52. The number of carbonyl (C=O) groups is 1. The van der Waals surface area contributed by atoms with Gasteiger partial charge >= 0.3 is 0 Å². The summed E-state index contributed by atoms with van der Waals surface area (Å²) in [4.78, 5) is 19.0. The van der Waals surface area contributed by atoms with E-state index in [1.165, 1.54) is 16.2 Å². The average Bonchev–Trinajstić information content (AvgIpc) is 3.32. The first-order valence-corrected chi connectivity index (χ1v) is 9.79. The Morgan fingerprint density at radius 2 is 2.07 bits per heavy atom. The van der Waals surface area contributed by atoms with Crippen LogP contribution in [0.15, 0.2) is 53.4 Å². The summed E-state index contributed by atoms with van der Waals surface area (Å²) in [6.07, 6.45) is 0. The second-order valence-corrected chi connectivity index (χ2v) is 7.52. The van der Waals surface area contributed by atoms with E-state index in [0.717, 1.165) is 16.7 Å². The number of nitrogens with one attached hydrogen (secondary N) is 1. The number of likely N-dealkylation sites (N-methyl/N-ethyl adjacent to an activating group) is 1. The molecule has 2 aromatic carbocycles. The Balaban J connectivity index is 1.89. The van der Waals surface area contributed by atoms with Crippen LogP contribution in [0.25, 0.3) is 11.1 Å². The van der Waals surface area contributed by atoms with Crippen LogP contribution in [0, 0.1) is 0 Å². The van der Waals surface area contributed by atoms with Crippen LogP contribution in [-0.4, -0.2) is 40.2 Å². The average molecular weight is 412 g/mol. The molecule has 142 valence electrons. The van der Waals surface area contributed by atoms with Gasteiger partial charge in [0.25, 0.3) is 5.91 Å². The second-order valence-electron chi connectivity index (χ2n) is 6.42. The molecule has 0 aliphatic carbocycles. The molecule has 3 aromatic rings. The van der Waals surface area contributed by atoms with Crippen LogP contribution in [0.1, 0.15) is 11.3 Å². The zero-order valence-electron chi connectivity index (χ0n) is 15.2. The lowest BCUT2D eigenvalue weighted by molar-refractivity contribution is -0.129. The normalized spacial score (nSPS) is 19.0. The van der Waals surface area contributed by atoms with Crippen molar-refractivity contribution in [3.05, 3.63) is 64.6 Å². The maximum absolute atomic E-state index is 13.2. The number of benzene rings is 2. The third kappa shape index (κ3) is 2.81. The Hall–Kier alpha value is -2.97. The van der Waals surface area contributed by atoms with E-state index < -0.39 is 5.54 Å². The van der Waals surface area contributed by atoms with Gasteiger partial charge in [-0.2, -0.15) is 0 Å². The number of amides is 1. The molecule has 1 aliphatic rings. The third-order valence-corrected chi connectivity index (χ3v) is 5.76. The Labute approximate surface area is 171 Å². The van der Waals surface area contributed by atoms with E-state index in [1.807, 2.05) is 35.7 Å². The summed E-state index contributed by atoms with van der Waals surface area (Å²) >= 11 is 6.75. The Bertz CT molecular complexity index is 1070. The first kappa shape index (κ1) is 18.4. The van der Waals surface area contributed by atoms with Crippen LogP contribution >= 0.6 is 23.6 Å². The predicted molar refractivity (Wildman–Crippen MR) is 111 cm³/mol. The SMILES string of the molecule is COc1cc(O)cc(-c2cccc(C3(c4cscn4)NC(=S)N(C)C3=O)c2)c1. The molecule has 0 saturated carbocycles. The fourth-order valence-electron chi connectivity index (χ4n) is 3.36. The van der Waals surface area contributed by atoms with Crippen molar-refractivity contribution in [1.29, 1.82) is 0 Å². The third-order valence-electron chi connectivity index (χ3n) is 4.80. The van der Waals surface area contributed by atoms with Crippen molar-refractivity contribution in [2.24, 2.45) is 0 Å². The summed E-state index contributed by atoms with van der Waals surface area (Å²) in [7, 11) is 3.19. The summed E-state index contributed by atoms with van der Waals surface area (Å²) in [6, 6.07) is 12.6. The molecule has 28 heavy (non-hydrogen) atoms. The molecular formula is C20H17N3O3S2. The summed E-state index contributed by atoms with van der Waals surface area (Å²) in [5, 5.41) is 15.4. The molecule has 1 amide bonds. The maximum atomic E-state index is 13.2. The minimum Gasteiger partial charge on any atom is -0.508 e. The van der Waals surface area contributed by atoms with E-state index >= 15 is 0 Å². The number of hydrogen-bond donors (Lipinski definition) is 2. The highest BCUT2D eigenvalue weighted by Crippen LogP contribution is 2.38. The van der Waals surface area contributed by atoms with Gasteiger partial charge in [-0.05, 0) is 47.1 Å². The first-order valence-electron chi connectivity index (χ1n) is 8.43. The highest BCUT2D eigenvalue weighted by Gasteiger charge is 2.52. The number of hydrogen-bond acceptors (Lipinski definition) is 6. The molecule has 0 spiro atoms. The van der Waals surface area contributed by atoms with Gasteiger partial charge in [0.1, 0.15) is 11.5 Å². The Morgan fingerprint density at radius 3 is 2.71 bits per heavy atom. The van der Waals surface area contributed by atoms with Gasteiger partial charge in [-0.15, -0.1) is 11.3 Å². The lowest BCUT2D eigenvalue weighted by atomic mass is 9.85. The van der Waals surface area contributed by atoms with Crippen LogP contribution < -0.4 is 10.1 Å². The van der Waals surface area contributed by atoms with Gasteiger partial charge in [0.15, 0.2) is 10.7 Å². The van der Waals surface area contributed by atoms with E-state index in [-0.39, 0.29) is 11.7 Å². The number of aromatic hydroxyl groups is 1. The zero-order chi connectivity index (χ0) is 19.9. The van der Waals surface area contributed by atoms with Gasteiger partial charge in [0.2, 0.25) is 0 Å². The molecule has 0 radical (unpaired) electrons. The van der Waals surface area contributed by atoms with Gasteiger partial charge in [0.05, 0.1) is 18.3 Å². The zero-order valence-corrected chi connectivity index (χ0v) is 16.8. The molecule has 1 aromatic heterocycles. The molecule has 6 nitrogen and oxygen atoms in total. The van der Waals surface area contributed by atoms with Gasteiger partial charge < -0.3 is 15.2 Å². The number of thiocarbonyl (C=S) groups is 1. The number of thiazole rings is 1. The summed E-state index contributed by atoms with van der Waals surface area (Å²) in [5.74, 6) is 0.463. The van der Waals surface area contributed by atoms with Crippen LogP contribution in [0.2, 0.25) is 0 Å². The van der Waals surface area contributed by atoms with Crippen molar-refractivity contribution < 1.29 is 14.6 Å². The largest absolute Gasteiger partial charge is 0.508 e. The molecular weight excluding hydrogens is 394 g/mol. The maximum Gasteiger partial charge on any atom is 0.265 e. The van der Waals surface area contributed by atoms with Crippen molar-refractivity contribution in [1.82, 2.24) is 15.2 Å². The molecule has 1 unspecified atom stereocenters. The minimum atomic E-state index is -1.18. The lowest BCUT2D eigenvalue weighted by Gasteiger charge is -2.26.